The number of nitro groups is 1. The first-order chi connectivity index (χ1) is 15.5. The Labute approximate surface area is 193 Å². The van der Waals surface area contributed by atoms with Crippen LogP contribution in [-0.4, -0.2) is 43.9 Å². The average molecular weight is 499 g/mol. The van der Waals surface area contributed by atoms with Gasteiger partial charge in [0.2, 0.25) is 0 Å². The van der Waals surface area contributed by atoms with Gasteiger partial charge in [-0.2, -0.15) is 0 Å². The molecule has 0 aliphatic heterocycles. The zero-order chi connectivity index (χ0) is 24.8. The topological polar surface area (TPSA) is 174 Å². The lowest BCUT2D eigenvalue weighted by Gasteiger charge is -2.15. The Bertz CT molecular complexity index is 1200. The zero-order valence-corrected chi connectivity index (χ0v) is 18.9. The average Bonchev–Trinajstić information content (AvgIpc) is 2.73. The number of carbonyl (C=O) groups is 3. The van der Waals surface area contributed by atoms with Gasteiger partial charge in [-0.3, -0.25) is 24.9 Å². The van der Waals surface area contributed by atoms with Crippen LogP contribution in [0.5, 0.6) is 0 Å². The van der Waals surface area contributed by atoms with Crippen molar-refractivity contribution in [3.05, 3.63) is 63.2 Å². The van der Waals surface area contributed by atoms with E-state index < -0.39 is 49.5 Å². The van der Waals surface area contributed by atoms with Gasteiger partial charge in [0.05, 0.1) is 21.1 Å². The molecule has 0 aliphatic carbocycles. The van der Waals surface area contributed by atoms with E-state index in [0.717, 1.165) is 18.2 Å². The van der Waals surface area contributed by atoms with Crippen LogP contribution in [0.4, 0.5) is 16.2 Å². The summed E-state index contributed by atoms with van der Waals surface area (Å²) < 4.78 is 32.7. The maximum atomic E-state index is 12.7. The van der Waals surface area contributed by atoms with Crippen molar-refractivity contribution in [2.24, 2.45) is 0 Å². The molecule has 2 rings (SSSR count). The number of nitro benzene ring substituents is 1. The molecular weight excluding hydrogens is 480 g/mol. The summed E-state index contributed by atoms with van der Waals surface area (Å²) in [5.74, 6) is -1.94. The largest absolute Gasteiger partial charge is 0.449 e. The molecule has 3 amide bonds. The number of anilines is 1. The molecule has 12 nitrogen and oxygen atoms in total. The van der Waals surface area contributed by atoms with Gasteiger partial charge in [-0.1, -0.05) is 23.7 Å². The Hall–Kier alpha value is -3.71. The Morgan fingerprint density at radius 3 is 2.48 bits per heavy atom. The van der Waals surface area contributed by atoms with Crippen LogP contribution in [0, 0.1) is 10.1 Å². The van der Waals surface area contributed by atoms with Gasteiger partial charge in [-0.05, 0) is 38.1 Å². The molecule has 0 aliphatic rings. The van der Waals surface area contributed by atoms with E-state index in [4.69, 9.17) is 16.3 Å². The third kappa shape index (κ3) is 6.63. The van der Waals surface area contributed by atoms with Crippen LogP contribution in [0.2, 0.25) is 5.02 Å². The van der Waals surface area contributed by atoms with E-state index in [9.17, 15) is 32.9 Å². The molecule has 0 fully saturated rings. The number of nitrogens with one attached hydrogen (secondary N) is 3. The maximum absolute atomic E-state index is 12.7. The maximum Gasteiger partial charge on any atom is 0.341 e. The highest BCUT2D eigenvalue weighted by molar-refractivity contribution is 7.92. The second kappa shape index (κ2) is 10.7. The van der Waals surface area contributed by atoms with Gasteiger partial charge in [0.25, 0.3) is 21.6 Å². The van der Waals surface area contributed by atoms with Gasteiger partial charge in [0, 0.05) is 12.6 Å². The number of urea groups is 1. The highest BCUT2D eigenvalue weighted by Gasteiger charge is 2.25. The fraction of sp³-hybridized carbons (Fsp3) is 0.211. The molecule has 0 heterocycles. The number of rotatable bonds is 8. The van der Waals surface area contributed by atoms with Crippen molar-refractivity contribution in [3.8, 4) is 0 Å². The van der Waals surface area contributed by atoms with Crippen molar-refractivity contribution in [1.82, 2.24) is 10.6 Å². The molecule has 1 atom stereocenters. The number of imide groups is 1. The summed E-state index contributed by atoms with van der Waals surface area (Å²) in [5.41, 5.74) is -1.04. The molecular formula is C19H19ClN4O8S. The number of nitrogens with zero attached hydrogens (tertiary/aromatic N) is 1. The summed E-state index contributed by atoms with van der Waals surface area (Å²) in [6.45, 7) is 3.15. The number of carbonyl (C=O) groups excluding carboxylic acids is 3. The van der Waals surface area contributed by atoms with Crippen LogP contribution in [0.3, 0.4) is 0 Å². The fourth-order valence-corrected chi connectivity index (χ4v) is 3.74. The van der Waals surface area contributed by atoms with Crippen LogP contribution in [0.15, 0.2) is 47.4 Å². The normalized spacial score (nSPS) is 11.7. The zero-order valence-electron chi connectivity index (χ0n) is 17.3. The minimum Gasteiger partial charge on any atom is -0.449 e. The lowest BCUT2D eigenvalue weighted by Crippen LogP contribution is -2.44. The molecule has 33 heavy (non-hydrogen) atoms. The Morgan fingerprint density at radius 2 is 1.85 bits per heavy atom. The minimum atomic E-state index is -4.36. The number of amides is 3. The third-order valence-electron chi connectivity index (χ3n) is 4.04. The first kappa shape index (κ1) is 25.5. The molecule has 176 valence electrons. The highest BCUT2D eigenvalue weighted by atomic mass is 35.5. The predicted molar refractivity (Wildman–Crippen MR) is 117 cm³/mol. The van der Waals surface area contributed by atoms with Gasteiger partial charge in [0.15, 0.2) is 6.10 Å². The number of ether oxygens (including phenoxy) is 1. The number of para-hydroxylation sites is 1. The number of hydrogen-bond donors (Lipinski definition) is 3. The minimum absolute atomic E-state index is 0.198. The first-order valence-corrected chi connectivity index (χ1v) is 11.2. The van der Waals surface area contributed by atoms with Crippen molar-refractivity contribution in [2.75, 3.05) is 11.3 Å². The van der Waals surface area contributed by atoms with E-state index in [0.29, 0.717) is 0 Å². The lowest BCUT2D eigenvalue weighted by atomic mass is 10.2. The smallest absolute Gasteiger partial charge is 0.341 e. The van der Waals surface area contributed by atoms with Crippen molar-refractivity contribution in [2.45, 2.75) is 24.8 Å². The second-order valence-corrected chi connectivity index (χ2v) is 8.51. The number of esters is 1. The van der Waals surface area contributed by atoms with Crippen LogP contribution in [-0.2, 0) is 19.6 Å². The second-order valence-electron chi connectivity index (χ2n) is 6.42. The standard InChI is InChI=1S/C19H19ClN4O8S/c1-3-21-19(27)22-17(25)11(2)32-18(26)13-6-4-5-7-15(13)23-33(30,31)12-8-9-14(20)16(10-12)24(28)29/h4-11,23H,3H2,1-2H3,(H2,21,22,25,27). The van der Waals surface area contributed by atoms with Gasteiger partial charge >= 0.3 is 12.0 Å². The summed E-state index contributed by atoms with van der Waals surface area (Å²) in [7, 11) is -4.36. The molecule has 3 N–H and O–H groups in total. The number of benzene rings is 2. The van der Waals surface area contributed by atoms with Gasteiger partial charge in [-0.25, -0.2) is 18.0 Å². The predicted octanol–water partition coefficient (Wildman–Crippen LogP) is 2.44. The summed E-state index contributed by atoms with van der Waals surface area (Å²) in [5, 5.41) is 15.1. The van der Waals surface area contributed by atoms with E-state index in [-0.39, 0.29) is 22.8 Å². The van der Waals surface area contributed by atoms with Gasteiger partial charge in [-0.15, -0.1) is 0 Å². The van der Waals surface area contributed by atoms with Gasteiger partial charge in [0.1, 0.15) is 5.02 Å². The van der Waals surface area contributed by atoms with Crippen molar-refractivity contribution < 1.29 is 32.5 Å². The molecule has 0 saturated heterocycles. The van der Waals surface area contributed by atoms with Crippen LogP contribution in [0.25, 0.3) is 0 Å². The fourth-order valence-electron chi connectivity index (χ4n) is 2.45. The Balaban J connectivity index is 2.24. The summed E-state index contributed by atoms with van der Waals surface area (Å²) >= 11 is 5.72. The SMILES string of the molecule is CCNC(=O)NC(=O)C(C)OC(=O)c1ccccc1NS(=O)(=O)c1ccc(Cl)c([N+](=O)[O-])c1. The van der Waals surface area contributed by atoms with Crippen molar-refractivity contribution in [3.63, 3.8) is 0 Å². The van der Waals surface area contributed by atoms with E-state index in [1.165, 1.54) is 31.2 Å². The summed E-state index contributed by atoms with van der Waals surface area (Å²) in [6, 6.07) is 7.51. The van der Waals surface area contributed by atoms with Crippen molar-refractivity contribution >= 4 is 50.9 Å². The molecule has 0 spiro atoms. The summed E-state index contributed by atoms with van der Waals surface area (Å²) in [4.78, 5) is 45.7. The van der Waals surface area contributed by atoms with E-state index >= 15 is 0 Å². The number of halogens is 1. The molecule has 1 unspecified atom stereocenters. The summed E-state index contributed by atoms with van der Waals surface area (Å²) in [6.07, 6.45) is -1.37. The monoisotopic (exact) mass is 498 g/mol. The quantitative estimate of drug-likeness (QED) is 0.282. The number of hydrogen-bond acceptors (Lipinski definition) is 8. The number of sulfonamides is 1. The molecule has 14 heteroatoms. The van der Waals surface area contributed by atoms with E-state index in [1.54, 1.807) is 6.92 Å². The molecule has 2 aromatic rings. The van der Waals surface area contributed by atoms with E-state index in [1.807, 2.05) is 5.32 Å². The highest BCUT2D eigenvalue weighted by Crippen LogP contribution is 2.28. The van der Waals surface area contributed by atoms with Crippen LogP contribution < -0.4 is 15.4 Å². The van der Waals surface area contributed by atoms with Crippen LogP contribution in [0.1, 0.15) is 24.2 Å². The van der Waals surface area contributed by atoms with Crippen LogP contribution >= 0.6 is 11.6 Å². The Kier molecular flexibility index (Phi) is 8.32. The molecule has 0 saturated carbocycles. The molecule has 2 aromatic carbocycles. The van der Waals surface area contributed by atoms with Gasteiger partial charge < -0.3 is 10.1 Å². The first-order valence-electron chi connectivity index (χ1n) is 9.31. The van der Waals surface area contributed by atoms with Crippen molar-refractivity contribution in [1.29, 1.82) is 0 Å². The Morgan fingerprint density at radius 1 is 1.18 bits per heavy atom. The lowest BCUT2D eigenvalue weighted by molar-refractivity contribution is -0.384. The molecule has 0 aromatic heterocycles. The molecule has 0 radical (unpaired) electrons. The van der Waals surface area contributed by atoms with E-state index in [2.05, 4.69) is 10.0 Å². The molecule has 0 bridgehead atoms. The third-order valence-corrected chi connectivity index (χ3v) is 5.73.